The number of nitrogens with two attached hydrogens (primary N) is 1. The molecule has 144 valence electrons. The fraction of sp³-hybridized carbons (Fsp3) is 0.750. The van der Waals surface area contributed by atoms with E-state index >= 15 is 0 Å². The number of likely N-dealkylation sites (tertiary alicyclic amines) is 1. The summed E-state index contributed by atoms with van der Waals surface area (Å²) in [5.74, 6) is -0.0119. The highest BCUT2D eigenvalue weighted by Gasteiger charge is 2.39. The predicted octanol–water partition coefficient (Wildman–Crippen LogP) is 2.67. The minimum absolute atomic E-state index is 0. The number of piperidine rings is 1. The van der Waals surface area contributed by atoms with Gasteiger partial charge < -0.3 is 15.8 Å². The molecule has 2 aliphatic heterocycles. The molecule has 0 aromatic carbocycles. The van der Waals surface area contributed by atoms with Crippen molar-refractivity contribution in [1.29, 1.82) is 0 Å². The molecule has 0 saturated carbocycles. The van der Waals surface area contributed by atoms with E-state index in [-0.39, 0.29) is 30.7 Å². The molecular formula is C16H28Cl2N4O2S. The van der Waals surface area contributed by atoms with Crippen LogP contribution in [0.3, 0.4) is 0 Å². The molecule has 9 heteroatoms. The summed E-state index contributed by atoms with van der Waals surface area (Å²) in [5, 5.41) is 5.70. The Bertz CT molecular complexity index is 532. The van der Waals surface area contributed by atoms with Crippen LogP contribution in [-0.4, -0.2) is 48.6 Å². The second kappa shape index (κ2) is 10.6. The monoisotopic (exact) mass is 410 g/mol. The van der Waals surface area contributed by atoms with E-state index in [0.717, 1.165) is 25.3 Å². The van der Waals surface area contributed by atoms with E-state index in [1.165, 1.54) is 30.6 Å². The molecule has 0 spiro atoms. The highest BCUT2D eigenvalue weighted by molar-refractivity contribution is 7.13. The van der Waals surface area contributed by atoms with E-state index in [4.69, 9.17) is 10.5 Å². The standard InChI is InChI=1S/C16H26N4O2S.2ClH/c17-12-16(4-8-22-9-5-16)14(21)19-15-18-13(11-23-15)10-20-6-2-1-3-7-20;;/h11H,1-10,12,17H2,(H,18,19,21);2*1H. The van der Waals surface area contributed by atoms with Gasteiger partial charge in [-0.05, 0) is 38.8 Å². The molecule has 1 aromatic heterocycles. The summed E-state index contributed by atoms with van der Waals surface area (Å²) in [6.45, 7) is 4.73. The molecule has 0 bridgehead atoms. The number of nitrogens with one attached hydrogen (secondary N) is 1. The van der Waals surface area contributed by atoms with E-state index in [9.17, 15) is 4.79 Å². The van der Waals surface area contributed by atoms with Crippen LogP contribution in [0.2, 0.25) is 0 Å². The van der Waals surface area contributed by atoms with Crippen LogP contribution in [0.15, 0.2) is 5.38 Å². The summed E-state index contributed by atoms with van der Waals surface area (Å²) in [4.78, 5) is 19.6. The summed E-state index contributed by atoms with van der Waals surface area (Å²) < 4.78 is 5.36. The number of thiazole rings is 1. The number of ether oxygens (including phenoxy) is 1. The van der Waals surface area contributed by atoms with Crippen molar-refractivity contribution in [3.05, 3.63) is 11.1 Å². The lowest BCUT2D eigenvalue weighted by atomic mass is 9.79. The summed E-state index contributed by atoms with van der Waals surface area (Å²) in [5.41, 5.74) is 6.42. The Morgan fingerprint density at radius 1 is 1.28 bits per heavy atom. The Morgan fingerprint density at radius 3 is 2.60 bits per heavy atom. The van der Waals surface area contributed by atoms with Crippen LogP contribution in [0.4, 0.5) is 5.13 Å². The summed E-state index contributed by atoms with van der Waals surface area (Å²) in [6.07, 6.45) is 5.24. The van der Waals surface area contributed by atoms with Gasteiger partial charge in [0.25, 0.3) is 0 Å². The van der Waals surface area contributed by atoms with Crippen molar-refractivity contribution in [3.63, 3.8) is 0 Å². The quantitative estimate of drug-likeness (QED) is 0.779. The Labute approximate surface area is 165 Å². The maximum Gasteiger partial charge on any atom is 0.233 e. The topological polar surface area (TPSA) is 80.5 Å². The lowest BCUT2D eigenvalue weighted by Crippen LogP contribution is -2.46. The number of rotatable bonds is 5. The molecule has 0 aliphatic carbocycles. The largest absolute Gasteiger partial charge is 0.381 e. The number of nitrogens with zero attached hydrogens (tertiary/aromatic N) is 2. The average molecular weight is 411 g/mol. The second-order valence-electron chi connectivity index (χ2n) is 6.53. The van der Waals surface area contributed by atoms with Crippen LogP contribution in [0.5, 0.6) is 0 Å². The van der Waals surface area contributed by atoms with Crippen LogP contribution in [-0.2, 0) is 16.1 Å². The third-order valence-corrected chi connectivity index (χ3v) is 5.74. The van der Waals surface area contributed by atoms with Crippen molar-refractivity contribution >= 4 is 47.2 Å². The zero-order chi connectivity index (χ0) is 16.1. The fourth-order valence-corrected chi connectivity index (χ4v) is 4.00. The second-order valence-corrected chi connectivity index (χ2v) is 7.39. The van der Waals surface area contributed by atoms with Gasteiger partial charge in [-0.25, -0.2) is 4.98 Å². The third kappa shape index (κ3) is 5.77. The Hall–Kier alpha value is -0.440. The van der Waals surface area contributed by atoms with E-state index in [1.54, 1.807) is 0 Å². The van der Waals surface area contributed by atoms with Crippen molar-refractivity contribution in [3.8, 4) is 0 Å². The SMILES string of the molecule is Cl.Cl.NCC1(C(=O)Nc2nc(CN3CCCCC3)cs2)CCOCC1. The Kier molecular flexibility index (Phi) is 9.62. The number of halogens is 2. The predicted molar refractivity (Wildman–Crippen MR) is 106 cm³/mol. The number of amides is 1. The molecule has 0 radical (unpaired) electrons. The maximum atomic E-state index is 12.6. The van der Waals surface area contributed by atoms with Crippen LogP contribution in [0.1, 0.15) is 37.8 Å². The number of hydrogen-bond donors (Lipinski definition) is 2. The normalized spacial score (nSPS) is 20.2. The third-order valence-electron chi connectivity index (χ3n) is 4.93. The number of anilines is 1. The van der Waals surface area contributed by atoms with Gasteiger partial charge in [-0.15, -0.1) is 36.2 Å². The van der Waals surface area contributed by atoms with Crippen LogP contribution >= 0.6 is 36.2 Å². The first-order valence-corrected chi connectivity index (χ1v) is 9.36. The molecule has 1 amide bonds. The zero-order valence-electron chi connectivity index (χ0n) is 14.4. The van der Waals surface area contributed by atoms with E-state index < -0.39 is 5.41 Å². The van der Waals surface area contributed by atoms with Gasteiger partial charge in [0.1, 0.15) is 0 Å². The molecule has 3 heterocycles. The van der Waals surface area contributed by atoms with E-state index in [2.05, 4.69) is 15.2 Å². The van der Waals surface area contributed by atoms with Gasteiger partial charge >= 0.3 is 0 Å². The van der Waals surface area contributed by atoms with Gasteiger partial charge in [-0.2, -0.15) is 0 Å². The molecule has 0 unspecified atom stereocenters. The minimum Gasteiger partial charge on any atom is -0.381 e. The molecule has 25 heavy (non-hydrogen) atoms. The van der Waals surface area contributed by atoms with Gasteiger partial charge in [0, 0.05) is 31.7 Å². The van der Waals surface area contributed by atoms with Gasteiger partial charge in [-0.3, -0.25) is 9.69 Å². The Balaban J connectivity index is 0.00000156. The first-order valence-electron chi connectivity index (χ1n) is 8.48. The molecule has 3 rings (SSSR count). The molecule has 3 N–H and O–H groups in total. The summed E-state index contributed by atoms with van der Waals surface area (Å²) in [6, 6.07) is 0. The maximum absolute atomic E-state index is 12.6. The number of carbonyl (C=O) groups excluding carboxylic acids is 1. The van der Waals surface area contributed by atoms with Crippen LogP contribution in [0, 0.1) is 5.41 Å². The van der Waals surface area contributed by atoms with Crippen molar-refractivity contribution in [2.75, 3.05) is 38.2 Å². The van der Waals surface area contributed by atoms with Crippen molar-refractivity contribution < 1.29 is 9.53 Å². The summed E-state index contributed by atoms with van der Waals surface area (Å²) >= 11 is 1.50. The Morgan fingerprint density at radius 2 is 1.96 bits per heavy atom. The first-order chi connectivity index (χ1) is 11.2. The summed E-state index contributed by atoms with van der Waals surface area (Å²) in [7, 11) is 0. The smallest absolute Gasteiger partial charge is 0.233 e. The molecular weight excluding hydrogens is 383 g/mol. The lowest BCUT2D eigenvalue weighted by Gasteiger charge is -2.34. The first kappa shape index (κ1) is 22.6. The number of carbonyl (C=O) groups is 1. The minimum atomic E-state index is -0.503. The van der Waals surface area contributed by atoms with E-state index in [0.29, 0.717) is 37.7 Å². The van der Waals surface area contributed by atoms with Crippen LogP contribution in [0.25, 0.3) is 0 Å². The highest BCUT2D eigenvalue weighted by Crippen LogP contribution is 2.31. The molecule has 0 atom stereocenters. The molecule has 2 saturated heterocycles. The lowest BCUT2D eigenvalue weighted by molar-refractivity contribution is -0.130. The molecule has 2 fully saturated rings. The fourth-order valence-electron chi connectivity index (χ4n) is 3.30. The zero-order valence-corrected chi connectivity index (χ0v) is 16.8. The molecule has 6 nitrogen and oxygen atoms in total. The van der Waals surface area contributed by atoms with Crippen molar-refractivity contribution in [2.45, 2.75) is 38.6 Å². The van der Waals surface area contributed by atoms with Gasteiger partial charge in [0.15, 0.2) is 5.13 Å². The molecule has 2 aliphatic rings. The van der Waals surface area contributed by atoms with Crippen molar-refractivity contribution in [1.82, 2.24) is 9.88 Å². The number of aromatic nitrogens is 1. The van der Waals surface area contributed by atoms with Gasteiger partial charge in [0.2, 0.25) is 5.91 Å². The van der Waals surface area contributed by atoms with E-state index in [1.807, 2.05) is 5.38 Å². The van der Waals surface area contributed by atoms with Gasteiger partial charge in [0.05, 0.1) is 11.1 Å². The highest BCUT2D eigenvalue weighted by atomic mass is 35.5. The number of hydrogen-bond acceptors (Lipinski definition) is 6. The average Bonchev–Trinajstić information content (AvgIpc) is 3.03. The van der Waals surface area contributed by atoms with Gasteiger partial charge in [-0.1, -0.05) is 6.42 Å². The molecule has 1 aromatic rings. The van der Waals surface area contributed by atoms with Crippen molar-refractivity contribution in [2.24, 2.45) is 11.1 Å². The van der Waals surface area contributed by atoms with Crippen LogP contribution < -0.4 is 11.1 Å².